The molecule has 2 aromatic rings. The first kappa shape index (κ1) is 14.4. The summed E-state index contributed by atoms with van der Waals surface area (Å²) in [5.41, 5.74) is 3.23. The zero-order valence-corrected chi connectivity index (χ0v) is 13.3. The Morgan fingerprint density at radius 1 is 0.762 bits per heavy atom. The van der Waals surface area contributed by atoms with E-state index in [9.17, 15) is 0 Å². The van der Waals surface area contributed by atoms with Crippen molar-refractivity contribution in [3.8, 4) is 0 Å². The van der Waals surface area contributed by atoms with Gasteiger partial charge in [-0.05, 0) is 48.6 Å². The van der Waals surface area contributed by atoms with Crippen molar-refractivity contribution in [3.05, 3.63) is 71.8 Å². The van der Waals surface area contributed by atoms with E-state index in [-0.39, 0.29) is 5.41 Å². The molecule has 0 amide bonds. The lowest BCUT2D eigenvalue weighted by Gasteiger charge is -2.42. The Labute approximate surface area is 129 Å². The molecule has 0 aromatic heterocycles. The van der Waals surface area contributed by atoms with Crippen molar-refractivity contribution < 1.29 is 0 Å². The fraction of sp³-hybridized carbons (Fsp3) is 0.429. The van der Waals surface area contributed by atoms with Crippen LogP contribution in [0.1, 0.15) is 50.7 Å². The second-order valence-electron chi connectivity index (χ2n) is 6.90. The van der Waals surface area contributed by atoms with Crippen LogP contribution in [0.2, 0.25) is 0 Å². The first-order valence-electron chi connectivity index (χ1n) is 8.33. The van der Waals surface area contributed by atoms with E-state index in [0.717, 1.165) is 11.8 Å². The fourth-order valence-corrected chi connectivity index (χ4v) is 4.06. The van der Waals surface area contributed by atoms with Crippen LogP contribution in [0.3, 0.4) is 0 Å². The average Bonchev–Trinajstić information content (AvgIpc) is 2.56. The van der Waals surface area contributed by atoms with Gasteiger partial charge in [-0.15, -0.1) is 0 Å². The summed E-state index contributed by atoms with van der Waals surface area (Å²) in [6.45, 7) is 4.76. The van der Waals surface area contributed by atoms with Crippen molar-refractivity contribution in [2.45, 2.75) is 44.9 Å². The first-order valence-corrected chi connectivity index (χ1v) is 8.33. The summed E-state index contributed by atoms with van der Waals surface area (Å²) >= 11 is 0. The predicted octanol–water partition coefficient (Wildman–Crippen LogP) is 5.82. The van der Waals surface area contributed by atoms with Gasteiger partial charge in [0.25, 0.3) is 0 Å². The maximum Gasteiger partial charge on any atom is 0.0203 e. The highest BCUT2D eigenvalue weighted by atomic mass is 14.4. The van der Waals surface area contributed by atoms with Crippen LogP contribution in [0.25, 0.3) is 0 Å². The molecule has 0 radical (unpaired) electrons. The molecular formula is C21H26. The average molecular weight is 278 g/mol. The Bertz CT molecular complexity index is 504. The van der Waals surface area contributed by atoms with E-state index in [1.54, 1.807) is 0 Å². The summed E-state index contributed by atoms with van der Waals surface area (Å²) in [5, 5.41) is 0. The maximum absolute atomic E-state index is 2.38. The van der Waals surface area contributed by atoms with Crippen LogP contribution < -0.4 is 0 Å². The summed E-state index contributed by atoms with van der Waals surface area (Å²) in [6, 6.07) is 22.3. The Kier molecular flexibility index (Phi) is 4.14. The van der Waals surface area contributed by atoms with E-state index >= 15 is 0 Å². The lowest BCUT2D eigenvalue weighted by atomic mass is 9.62. The molecule has 1 saturated carbocycles. The monoisotopic (exact) mass is 278 g/mol. The molecule has 0 heterocycles. The zero-order chi connectivity index (χ0) is 14.7. The van der Waals surface area contributed by atoms with Gasteiger partial charge in [0.05, 0.1) is 0 Å². The van der Waals surface area contributed by atoms with Gasteiger partial charge in [0.1, 0.15) is 0 Å². The second-order valence-corrected chi connectivity index (χ2v) is 6.90. The molecule has 110 valence electrons. The van der Waals surface area contributed by atoms with E-state index in [4.69, 9.17) is 0 Å². The SMILES string of the molecule is CC(C)C1CCC(c2ccccc2)(c2ccccc2)CC1. The Balaban J connectivity index is 1.98. The van der Waals surface area contributed by atoms with E-state index in [1.807, 2.05) is 0 Å². The smallest absolute Gasteiger partial charge is 0.0203 e. The molecule has 0 saturated heterocycles. The van der Waals surface area contributed by atoms with Crippen LogP contribution in [-0.2, 0) is 5.41 Å². The molecule has 0 nitrogen and oxygen atoms in total. The summed E-state index contributed by atoms with van der Waals surface area (Å²) in [7, 11) is 0. The molecule has 2 aromatic carbocycles. The molecule has 0 atom stereocenters. The highest BCUT2D eigenvalue weighted by Crippen LogP contribution is 2.47. The molecule has 0 aliphatic heterocycles. The third-order valence-electron chi connectivity index (χ3n) is 5.48. The van der Waals surface area contributed by atoms with Crippen LogP contribution in [0.5, 0.6) is 0 Å². The van der Waals surface area contributed by atoms with Crippen LogP contribution in [0.15, 0.2) is 60.7 Å². The molecule has 0 spiro atoms. The van der Waals surface area contributed by atoms with Gasteiger partial charge in [0, 0.05) is 5.41 Å². The van der Waals surface area contributed by atoms with Gasteiger partial charge in [0.2, 0.25) is 0 Å². The summed E-state index contributed by atoms with van der Waals surface area (Å²) in [6.07, 6.45) is 5.26. The minimum absolute atomic E-state index is 0.230. The molecule has 1 fully saturated rings. The van der Waals surface area contributed by atoms with Crippen molar-refractivity contribution in [1.29, 1.82) is 0 Å². The third kappa shape index (κ3) is 2.77. The van der Waals surface area contributed by atoms with Crippen LogP contribution in [-0.4, -0.2) is 0 Å². The van der Waals surface area contributed by atoms with Crippen LogP contribution in [0, 0.1) is 11.8 Å². The van der Waals surface area contributed by atoms with Gasteiger partial charge < -0.3 is 0 Å². The molecule has 1 aliphatic carbocycles. The van der Waals surface area contributed by atoms with Crippen molar-refractivity contribution in [2.75, 3.05) is 0 Å². The lowest BCUT2D eigenvalue weighted by Crippen LogP contribution is -2.34. The standard InChI is InChI=1S/C21H26/c1-17(2)18-13-15-21(16-14-18,19-9-5-3-6-10-19)20-11-7-4-8-12-20/h3-12,17-18H,13-16H2,1-2H3. The Morgan fingerprint density at radius 3 is 1.57 bits per heavy atom. The number of hydrogen-bond donors (Lipinski definition) is 0. The Morgan fingerprint density at radius 2 is 1.19 bits per heavy atom. The molecular weight excluding hydrogens is 252 g/mol. The number of benzene rings is 2. The van der Waals surface area contributed by atoms with Gasteiger partial charge in [-0.3, -0.25) is 0 Å². The molecule has 3 rings (SSSR count). The molecule has 0 unspecified atom stereocenters. The van der Waals surface area contributed by atoms with Crippen molar-refractivity contribution >= 4 is 0 Å². The quantitative estimate of drug-likeness (QED) is 0.663. The molecule has 0 heteroatoms. The number of hydrogen-bond acceptors (Lipinski definition) is 0. The van der Waals surface area contributed by atoms with Gasteiger partial charge in [-0.2, -0.15) is 0 Å². The van der Waals surface area contributed by atoms with Crippen molar-refractivity contribution in [2.24, 2.45) is 11.8 Å². The van der Waals surface area contributed by atoms with Crippen molar-refractivity contribution in [1.82, 2.24) is 0 Å². The van der Waals surface area contributed by atoms with Gasteiger partial charge in [-0.25, -0.2) is 0 Å². The normalized spacial score (nSPS) is 18.8. The summed E-state index contributed by atoms with van der Waals surface area (Å²) < 4.78 is 0. The predicted molar refractivity (Wildman–Crippen MR) is 90.5 cm³/mol. The lowest BCUT2D eigenvalue weighted by molar-refractivity contribution is 0.217. The Hall–Kier alpha value is -1.56. The summed E-state index contributed by atoms with van der Waals surface area (Å²) in [4.78, 5) is 0. The summed E-state index contributed by atoms with van der Waals surface area (Å²) in [5.74, 6) is 1.71. The third-order valence-corrected chi connectivity index (χ3v) is 5.48. The van der Waals surface area contributed by atoms with Gasteiger partial charge in [-0.1, -0.05) is 74.5 Å². The second kappa shape index (κ2) is 6.05. The molecule has 1 aliphatic rings. The molecule has 21 heavy (non-hydrogen) atoms. The molecule has 0 bridgehead atoms. The van der Waals surface area contributed by atoms with Gasteiger partial charge >= 0.3 is 0 Å². The van der Waals surface area contributed by atoms with E-state index in [0.29, 0.717) is 0 Å². The first-order chi connectivity index (χ1) is 10.2. The maximum atomic E-state index is 2.38. The highest BCUT2D eigenvalue weighted by molar-refractivity contribution is 5.39. The zero-order valence-electron chi connectivity index (χ0n) is 13.3. The minimum atomic E-state index is 0.230. The minimum Gasteiger partial charge on any atom is -0.0625 e. The van der Waals surface area contributed by atoms with Crippen LogP contribution in [0.4, 0.5) is 0 Å². The van der Waals surface area contributed by atoms with Crippen molar-refractivity contribution in [3.63, 3.8) is 0 Å². The molecule has 0 N–H and O–H groups in total. The van der Waals surface area contributed by atoms with Crippen LogP contribution >= 0.6 is 0 Å². The van der Waals surface area contributed by atoms with E-state index in [2.05, 4.69) is 74.5 Å². The van der Waals surface area contributed by atoms with Gasteiger partial charge in [0.15, 0.2) is 0 Å². The van der Waals surface area contributed by atoms with E-state index in [1.165, 1.54) is 36.8 Å². The fourth-order valence-electron chi connectivity index (χ4n) is 4.06. The number of rotatable bonds is 3. The topological polar surface area (TPSA) is 0 Å². The largest absolute Gasteiger partial charge is 0.0625 e. The van der Waals surface area contributed by atoms with E-state index < -0.39 is 0 Å². The highest BCUT2D eigenvalue weighted by Gasteiger charge is 2.38.